The maximum Gasteiger partial charge on any atom is 0.435 e. The summed E-state index contributed by atoms with van der Waals surface area (Å²) >= 11 is 6.07. The van der Waals surface area contributed by atoms with Crippen molar-refractivity contribution >= 4 is 34.3 Å². The second kappa shape index (κ2) is 4.17. The lowest BCUT2D eigenvalue weighted by Crippen LogP contribution is -2.27. The fourth-order valence-electron chi connectivity index (χ4n) is 1.56. The highest BCUT2D eigenvalue weighted by molar-refractivity contribution is 6.35. The molecular weight excluding hydrogens is 254 g/mol. The van der Waals surface area contributed by atoms with E-state index in [4.69, 9.17) is 22.1 Å². The maximum atomic E-state index is 12.0. The fraction of sp³-hybridized carbons (Fsp3) is 0.333. The van der Waals surface area contributed by atoms with E-state index in [1.165, 1.54) is 6.20 Å². The summed E-state index contributed by atoms with van der Waals surface area (Å²) in [6, 6.07) is 3.30. The molecule has 0 atom stereocenters. The largest absolute Gasteiger partial charge is 0.442 e. The van der Waals surface area contributed by atoms with Gasteiger partial charge in [-0.05, 0) is 32.9 Å². The molecule has 1 aromatic heterocycles. The molecule has 0 aliphatic carbocycles. The van der Waals surface area contributed by atoms with Crippen LogP contribution >= 0.6 is 11.6 Å². The van der Waals surface area contributed by atoms with Crippen molar-refractivity contribution in [2.24, 2.45) is 0 Å². The van der Waals surface area contributed by atoms with Gasteiger partial charge in [0.2, 0.25) is 0 Å². The number of nitrogen functional groups attached to an aromatic ring is 1. The van der Waals surface area contributed by atoms with Crippen LogP contribution in [-0.4, -0.2) is 21.5 Å². The van der Waals surface area contributed by atoms with Crippen LogP contribution in [0.1, 0.15) is 20.8 Å². The minimum absolute atomic E-state index is 0.405. The average Bonchev–Trinajstić information content (AvgIpc) is 2.66. The third-order valence-corrected chi connectivity index (χ3v) is 2.59. The molecule has 0 amide bonds. The number of nitrogens with two attached hydrogens (primary N) is 1. The van der Waals surface area contributed by atoms with E-state index in [0.29, 0.717) is 21.6 Å². The number of halogens is 1. The standard InChI is InChI=1S/C12H14ClN3O2/c1-12(2,3)18-11(17)16-10-7(6-15-16)9(14)5-4-8(10)13/h4-6H,14H2,1-3H3. The molecule has 6 heteroatoms. The molecule has 0 saturated heterocycles. The second-order valence-electron chi connectivity index (χ2n) is 4.94. The zero-order valence-electron chi connectivity index (χ0n) is 10.4. The number of carbonyl (C=O) groups excluding carboxylic acids is 1. The molecule has 0 aliphatic heterocycles. The van der Waals surface area contributed by atoms with E-state index in [1.807, 2.05) is 0 Å². The first-order chi connectivity index (χ1) is 8.29. The Hall–Kier alpha value is -1.75. The second-order valence-corrected chi connectivity index (χ2v) is 5.34. The Morgan fingerprint density at radius 1 is 1.44 bits per heavy atom. The topological polar surface area (TPSA) is 70.1 Å². The summed E-state index contributed by atoms with van der Waals surface area (Å²) in [6.45, 7) is 5.35. The van der Waals surface area contributed by atoms with Gasteiger partial charge in [0.1, 0.15) is 11.1 Å². The Kier molecular flexibility index (Phi) is 2.94. The van der Waals surface area contributed by atoms with Crippen LogP contribution in [0.3, 0.4) is 0 Å². The zero-order valence-corrected chi connectivity index (χ0v) is 11.2. The van der Waals surface area contributed by atoms with E-state index in [1.54, 1.807) is 32.9 Å². The van der Waals surface area contributed by atoms with E-state index in [9.17, 15) is 4.79 Å². The summed E-state index contributed by atoms with van der Waals surface area (Å²) < 4.78 is 6.37. The summed E-state index contributed by atoms with van der Waals surface area (Å²) in [7, 11) is 0. The number of rotatable bonds is 0. The number of fused-ring (bicyclic) bond motifs is 1. The van der Waals surface area contributed by atoms with Crippen molar-refractivity contribution in [3.05, 3.63) is 23.4 Å². The van der Waals surface area contributed by atoms with Crippen molar-refractivity contribution in [3.63, 3.8) is 0 Å². The first-order valence-corrected chi connectivity index (χ1v) is 5.82. The van der Waals surface area contributed by atoms with Crippen molar-refractivity contribution < 1.29 is 9.53 Å². The summed E-state index contributed by atoms with van der Waals surface area (Å²) in [5.41, 5.74) is 6.19. The number of anilines is 1. The van der Waals surface area contributed by atoms with Gasteiger partial charge in [0.25, 0.3) is 0 Å². The third-order valence-electron chi connectivity index (χ3n) is 2.28. The van der Waals surface area contributed by atoms with Crippen molar-refractivity contribution in [1.82, 2.24) is 9.78 Å². The van der Waals surface area contributed by atoms with Crippen LogP contribution in [-0.2, 0) is 4.74 Å². The lowest BCUT2D eigenvalue weighted by molar-refractivity contribution is 0.0523. The molecule has 0 fully saturated rings. The van der Waals surface area contributed by atoms with Gasteiger partial charge in [-0.25, -0.2) is 4.79 Å². The Labute approximate surface area is 109 Å². The molecule has 2 N–H and O–H groups in total. The number of aromatic nitrogens is 2. The van der Waals surface area contributed by atoms with Gasteiger partial charge in [0, 0.05) is 11.1 Å². The van der Waals surface area contributed by atoms with Gasteiger partial charge in [-0.15, -0.1) is 0 Å². The number of ether oxygens (including phenoxy) is 1. The number of hydrogen-bond donors (Lipinski definition) is 1. The quantitative estimate of drug-likeness (QED) is 0.745. The van der Waals surface area contributed by atoms with Crippen LogP contribution in [0.2, 0.25) is 5.02 Å². The van der Waals surface area contributed by atoms with Crippen molar-refractivity contribution in [3.8, 4) is 0 Å². The molecular formula is C12H14ClN3O2. The smallest absolute Gasteiger partial charge is 0.435 e. The molecule has 0 bridgehead atoms. The lowest BCUT2D eigenvalue weighted by Gasteiger charge is -2.19. The minimum atomic E-state index is -0.595. The number of nitrogens with zero attached hydrogens (tertiary/aromatic N) is 2. The predicted molar refractivity (Wildman–Crippen MR) is 70.8 cm³/mol. The van der Waals surface area contributed by atoms with Crippen LogP contribution in [0.5, 0.6) is 0 Å². The van der Waals surface area contributed by atoms with Gasteiger partial charge in [-0.2, -0.15) is 9.78 Å². The van der Waals surface area contributed by atoms with Crippen LogP contribution < -0.4 is 5.73 Å². The van der Waals surface area contributed by atoms with Crippen molar-refractivity contribution in [2.45, 2.75) is 26.4 Å². The highest BCUT2D eigenvalue weighted by atomic mass is 35.5. The first kappa shape index (κ1) is 12.7. The predicted octanol–water partition coefficient (Wildman–Crippen LogP) is 3.06. The van der Waals surface area contributed by atoms with E-state index in [2.05, 4.69) is 5.10 Å². The van der Waals surface area contributed by atoms with Gasteiger partial charge >= 0.3 is 6.09 Å². The SMILES string of the molecule is CC(C)(C)OC(=O)n1ncc2c(N)ccc(Cl)c21. The summed E-state index contributed by atoms with van der Waals surface area (Å²) in [4.78, 5) is 12.0. The van der Waals surface area contributed by atoms with Gasteiger partial charge < -0.3 is 10.5 Å². The van der Waals surface area contributed by atoms with Crippen LogP contribution in [0.25, 0.3) is 10.9 Å². The molecule has 0 aliphatic rings. The number of carbonyl (C=O) groups is 1. The molecule has 0 saturated carbocycles. The highest BCUT2D eigenvalue weighted by Gasteiger charge is 2.21. The third kappa shape index (κ3) is 2.26. The fourth-order valence-corrected chi connectivity index (χ4v) is 1.81. The summed E-state index contributed by atoms with van der Waals surface area (Å²) in [6.07, 6.45) is 0.922. The molecule has 2 aromatic rings. The average molecular weight is 268 g/mol. The number of benzene rings is 1. The molecule has 5 nitrogen and oxygen atoms in total. The van der Waals surface area contributed by atoms with E-state index >= 15 is 0 Å². The van der Waals surface area contributed by atoms with Crippen LogP contribution in [0.4, 0.5) is 10.5 Å². The van der Waals surface area contributed by atoms with Gasteiger partial charge in [-0.3, -0.25) is 0 Å². The Morgan fingerprint density at radius 3 is 2.72 bits per heavy atom. The number of hydrogen-bond acceptors (Lipinski definition) is 4. The molecule has 0 radical (unpaired) electrons. The molecule has 0 spiro atoms. The molecule has 18 heavy (non-hydrogen) atoms. The van der Waals surface area contributed by atoms with Crippen molar-refractivity contribution in [2.75, 3.05) is 5.73 Å². The molecule has 96 valence electrons. The monoisotopic (exact) mass is 267 g/mol. The molecule has 2 rings (SSSR count). The first-order valence-electron chi connectivity index (χ1n) is 5.44. The molecule has 1 aromatic carbocycles. The molecule has 1 heterocycles. The summed E-state index contributed by atoms with van der Waals surface area (Å²) in [5.74, 6) is 0. The van der Waals surface area contributed by atoms with Gasteiger partial charge in [0.05, 0.1) is 11.2 Å². The normalized spacial score (nSPS) is 11.8. The summed E-state index contributed by atoms with van der Waals surface area (Å²) in [5, 5.41) is 5.02. The van der Waals surface area contributed by atoms with Gasteiger partial charge in [0.15, 0.2) is 0 Å². The van der Waals surface area contributed by atoms with Crippen molar-refractivity contribution in [1.29, 1.82) is 0 Å². The Balaban J connectivity index is 2.53. The Morgan fingerprint density at radius 2 is 2.11 bits per heavy atom. The zero-order chi connectivity index (χ0) is 13.5. The van der Waals surface area contributed by atoms with E-state index in [-0.39, 0.29) is 0 Å². The maximum absolute atomic E-state index is 12.0. The van der Waals surface area contributed by atoms with E-state index < -0.39 is 11.7 Å². The lowest BCUT2D eigenvalue weighted by atomic mass is 10.2. The van der Waals surface area contributed by atoms with E-state index in [0.717, 1.165) is 4.68 Å². The van der Waals surface area contributed by atoms with Gasteiger partial charge in [-0.1, -0.05) is 11.6 Å². The minimum Gasteiger partial charge on any atom is -0.442 e. The highest BCUT2D eigenvalue weighted by Crippen LogP contribution is 2.28. The molecule has 0 unspecified atom stereocenters. The Bertz CT molecular complexity index is 614. The van der Waals surface area contributed by atoms with Crippen LogP contribution in [0.15, 0.2) is 18.3 Å². The van der Waals surface area contributed by atoms with Crippen LogP contribution in [0, 0.1) is 0 Å².